The number of carbonyl (C=O) groups excluding carboxylic acids is 1. The molecule has 1 aliphatic heterocycles. The van der Waals surface area contributed by atoms with E-state index in [-0.39, 0.29) is 29.5 Å². The molecule has 1 aliphatic rings. The number of hydrogen-bond donors (Lipinski definition) is 0. The van der Waals surface area contributed by atoms with Crippen LogP contribution in [0.15, 0.2) is 56.6 Å². The lowest BCUT2D eigenvalue weighted by Crippen LogP contribution is -2.50. The molecular weight excluding hydrogens is 406 g/mol. The molecule has 0 radical (unpaired) electrons. The first-order valence-electron chi connectivity index (χ1n) is 9.69. The molecule has 1 aromatic heterocycles. The van der Waals surface area contributed by atoms with Crippen LogP contribution in [0.3, 0.4) is 0 Å². The van der Waals surface area contributed by atoms with E-state index in [9.17, 15) is 18.0 Å². The first kappa shape index (κ1) is 20.4. The van der Waals surface area contributed by atoms with Crippen molar-refractivity contribution in [2.75, 3.05) is 26.2 Å². The van der Waals surface area contributed by atoms with Crippen molar-refractivity contribution in [2.24, 2.45) is 7.05 Å². The van der Waals surface area contributed by atoms with Crippen molar-refractivity contribution in [2.45, 2.75) is 18.2 Å². The van der Waals surface area contributed by atoms with Crippen LogP contribution in [-0.4, -0.2) is 54.3 Å². The highest BCUT2D eigenvalue weighted by Crippen LogP contribution is 2.22. The van der Waals surface area contributed by atoms with E-state index in [0.29, 0.717) is 25.0 Å². The highest BCUT2D eigenvalue weighted by Gasteiger charge is 2.30. The number of amides is 1. The molecule has 1 amide bonds. The molecule has 9 heteroatoms. The number of aryl methyl sites for hydroxylation is 2. The van der Waals surface area contributed by atoms with Gasteiger partial charge in [-0.15, -0.1) is 0 Å². The molecule has 0 aliphatic carbocycles. The Morgan fingerprint density at radius 3 is 2.47 bits per heavy atom. The number of benzene rings is 2. The quantitative estimate of drug-likeness (QED) is 0.627. The van der Waals surface area contributed by atoms with Gasteiger partial charge in [0.25, 0.3) is 0 Å². The summed E-state index contributed by atoms with van der Waals surface area (Å²) in [5.41, 5.74) is 2.81. The van der Waals surface area contributed by atoms with Gasteiger partial charge in [0.2, 0.25) is 15.9 Å². The average molecular weight is 429 g/mol. The third-order valence-electron chi connectivity index (χ3n) is 5.60. The molecule has 4 rings (SSSR count). The van der Waals surface area contributed by atoms with E-state index in [1.807, 2.05) is 31.2 Å². The van der Waals surface area contributed by atoms with Crippen LogP contribution in [0.2, 0.25) is 0 Å². The molecule has 2 aromatic carbocycles. The van der Waals surface area contributed by atoms with Crippen LogP contribution in [0, 0.1) is 6.92 Å². The molecule has 3 aromatic rings. The van der Waals surface area contributed by atoms with Crippen molar-refractivity contribution in [3.05, 3.63) is 64.1 Å². The molecule has 158 valence electrons. The van der Waals surface area contributed by atoms with Crippen molar-refractivity contribution in [3.8, 4) is 0 Å². The third kappa shape index (κ3) is 3.66. The molecule has 0 unspecified atom stereocenters. The van der Waals surface area contributed by atoms with Gasteiger partial charge in [0.1, 0.15) is 0 Å². The highest BCUT2D eigenvalue weighted by atomic mass is 32.2. The maximum absolute atomic E-state index is 13.0. The largest absolute Gasteiger partial charge is 0.419 e. The van der Waals surface area contributed by atoms with Crippen LogP contribution in [-0.2, 0) is 28.3 Å². The van der Waals surface area contributed by atoms with E-state index in [1.54, 1.807) is 18.0 Å². The lowest BCUT2D eigenvalue weighted by Gasteiger charge is -2.34. The van der Waals surface area contributed by atoms with Gasteiger partial charge in [-0.3, -0.25) is 9.36 Å². The van der Waals surface area contributed by atoms with E-state index in [4.69, 9.17) is 4.42 Å². The van der Waals surface area contributed by atoms with Gasteiger partial charge < -0.3 is 9.32 Å². The van der Waals surface area contributed by atoms with Gasteiger partial charge in [0.15, 0.2) is 5.58 Å². The second kappa shape index (κ2) is 7.73. The van der Waals surface area contributed by atoms with Gasteiger partial charge in [-0.05, 0) is 30.2 Å². The number of hydrogen-bond acceptors (Lipinski definition) is 5. The standard InChI is InChI=1S/C21H23N3O5S/c1-15-5-3-4-6-16(15)13-20(25)23-9-11-24(12-10-23)30(27,28)17-7-8-18-19(14-17)29-21(26)22(18)2/h3-8,14H,9-13H2,1-2H3. The Balaban J connectivity index is 1.46. The molecule has 2 heterocycles. The molecule has 0 bridgehead atoms. The molecule has 30 heavy (non-hydrogen) atoms. The molecule has 0 atom stereocenters. The molecule has 0 spiro atoms. The van der Waals surface area contributed by atoms with Gasteiger partial charge in [0.05, 0.1) is 16.8 Å². The van der Waals surface area contributed by atoms with Crippen LogP contribution in [0.5, 0.6) is 0 Å². The average Bonchev–Trinajstić information content (AvgIpc) is 3.03. The number of aromatic nitrogens is 1. The van der Waals surface area contributed by atoms with Crippen LogP contribution in [0.1, 0.15) is 11.1 Å². The molecule has 1 saturated heterocycles. The second-order valence-electron chi connectivity index (χ2n) is 7.44. The second-order valence-corrected chi connectivity index (χ2v) is 9.38. The molecule has 0 saturated carbocycles. The lowest BCUT2D eigenvalue weighted by atomic mass is 10.1. The minimum Gasteiger partial charge on any atom is -0.408 e. The predicted molar refractivity (Wildman–Crippen MR) is 112 cm³/mol. The summed E-state index contributed by atoms with van der Waals surface area (Å²) in [5.74, 6) is -0.547. The first-order valence-corrected chi connectivity index (χ1v) is 11.1. The number of sulfonamides is 1. The van der Waals surface area contributed by atoms with Crippen LogP contribution in [0.4, 0.5) is 0 Å². The maximum atomic E-state index is 13.0. The highest BCUT2D eigenvalue weighted by molar-refractivity contribution is 7.89. The number of oxazole rings is 1. The zero-order valence-electron chi connectivity index (χ0n) is 16.9. The Kier molecular flexibility index (Phi) is 5.25. The van der Waals surface area contributed by atoms with E-state index in [2.05, 4.69) is 0 Å². The fourth-order valence-electron chi connectivity index (χ4n) is 3.68. The van der Waals surface area contributed by atoms with Crippen LogP contribution in [0.25, 0.3) is 11.1 Å². The van der Waals surface area contributed by atoms with Crippen molar-refractivity contribution in [3.63, 3.8) is 0 Å². The lowest BCUT2D eigenvalue weighted by molar-refractivity contribution is -0.131. The Morgan fingerprint density at radius 1 is 1.07 bits per heavy atom. The fourth-order valence-corrected chi connectivity index (χ4v) is 5.12. The molecule has 0 N–H and O–H groups in total. The zero-order chi connectivity index (χ0) is 21.5. The van der Waals surface area contributed by atoms with E-state index in [1.165, 1.54) is 21.0 Å². The number of fused-ring (bicyclic) bond motifs is 1. The summed E-state index contributed by atoms with van der Waals surface area (Å²) in [5, 5.41) is 0. The summed E-state index contributed by atoms with van der Waals surface area (Å²) in [7, 11) is -2.18. The summed E-state index contributed by atoms with van der Waals surface area (Å²) in [6.45, 7) is 3.09. The van der Waals surface area contributed by atoms with Gasteiger partial charge in [-0.1, -0.05) is 24.3 Å². The number of rotatable bonds is 4. The third-order valence-corrected chi connectivity index (χ3v) is 7.49. The van der Waals surface area contributed by atoms with Gasteiger partial charge in [-0.2, -0.15) is 4.31 Å². The van der Waals surface area contributed by atoms with E-state index >= 15 is 0 Å². The number of carbonyl (C=O) groups is 1. The smallest absolute Gasteiger partial charge is 0.408 e. The normalized spacial score (nSPS) is 15.6. The van der Waals surface area contributed by atoms with Crippen molar-refractivity contribution in [1.29, 1.82) is 0 Å². The molecular formula is C21H23N3O5S. The Labute approximate surface area is 174 Å². The van der Waals surface area contributed by atoms with E-state index in [0.717, 1.165) is 11.1 Å². The van der Waals surface area contributed by atoms with Crippen molar-refractivity contribution in [1.82, 2.24) is 13.8 Å². The predicted octanol–water partition coefficient (Wildman–Crippen LogP) is 1.52. The van der Waals surface area contributed by atoms with E-state index < -0.39 is 15.8 Å². The number of nitrogens with zero attached hydrogens (tertiary/aromatic N) is 3. The SMILES string of the molecule is Cc1ccccc1CC(=O)N1CCN(S(=O)(=O)c2ccc3c(c2)oc(=O)n3C)CC1. The minimum atomic E-state index is -3.75. The monoisotopic (exact) mass is 429 g/mol. The van der Waals surface area contributed by atoms with Gasteiger partial charge in [0, 0.05) is 39.3 Å². The Hall–Kier alpha value is -2.91. The van der Waals surface area contributed by atoms with Crippen LogP contribution >= 0.6 is 0 Å². The summed E-state index contributed by atoms with van der Waals surface area (Å²) >= 11 is 0. The first-order chi connectivity index (χ1) is 14.3. The maximum Gasteiger partial charge on any atom is 0.419 e. The number of piperazine rings is 1. The Bertz CT molecular complexity index is 1270. The topological polar surface area (TPSA) is 92.8 Å². The van der Waals surface area contributed by atoms with Crippen LogP contribution < -0.4 is 5.76 Å². The Morgan fingerprint density at radius 2 is 1.77 bits per heavy atom. The molecule has 1 fully saturated rings. The van der Waals surface area contributed by atoms with Gasteiger partial charge in [-0.25, -0.2) is 13.2 Å². The summed E-state index contributed by atoms with van der Waals surface area (Å²) in [6.07, 6.45) is 0.309. The zero-order valence-corrected chi connectivity index (χ0v) is 17.7. The summed E-state index contributed by atoms with van der Waals surface area (Å²) < 4.78 is 33.9. The van der Waals surface area contributed by atoms with Crippen molar-refractivity contribution >= 4 is 27.0 Å². The summed E-state index contributed by atoms with van der Waals surface area (Å²) in [6, 6.07) is 12.2. The van der Waals surface area contributed by atoms with Gasteiger partial charge >= 0.3 is 5.76 Å². The minimum absolute atomic E-state index is 0.00571. The molecule has 8 nitrogen and oxygen atoms in total. The fraction of sp³-hybridized carbons (Fsp3) is 0.333. The summed E-state index contributed by atoms with van der Waals surface area (Å²) in [4.78, 5) is 26.1. The van der Waals surface area contributed by atoms with Crippen molar-refractivity contribution < 1.29 is 17.6 Å².